The SMILES string of the molecule is Cn1cc(-c2ccc(Cn3cc(CC(=O)NC4CCCCC4)c4c(F)cccc43)c(F)c2)cn1. The molecule has 1 aliphatic rings. The van der Waals surface area contributed by atoms with Crippen molar-refractivity contribution in [2.75, 3.05) is 0 Å². The zero-order valence-electron chi connectivity index (χ0n) is 19.2. The first-order valence-corrected chi connectivity index (χ1v) is 11.8. The highest BCUT2D eigenvalue weighted by atomic mass is 19.1. The summed E-state index contributed by atoms with van der Waals surface area (Å²) in [5.41, 5.74) is 3.35. The minimum atomic E-state index is -0.371. The lowest BCUT2D eigenvalue weighted by Crippen LogP contribution is -2.37. The second-order valence-corrected chi connectivity index (χ2v) is 9.20. The van der Waals surface area contributed by atoms with Gasteiger partial charge in [-0.25, -0.2) is 8.78 Å². The number of hydrogen-bond acceptors (Lipinski definition) is 2. The van der Waals surface area contributed by atoms with Gasteiger partial charge in [0, 0.05) is 42.0 Å². The van der Waals surface area contributed by atoms with Crippen LogP contribution in [0.4, 0.5) is 8.78 Å². The zero-order chi connectivity index (χ0) is 23.7. The Balaban J connectivity index is 1.40. The Bertz CT molecular complexity index is 1330. The van der Waals surface area contributed by atoms with Gasteiger partial charge in [-0.1, -0.05) is 37.5 Å². The predicted molar refractivity (Wildman–Crippen MR) is 128 cm³/mol. The van der Waals surface area contributed by atoms with Gasteiger partial charge in [-0.3, -0.25) is 9.48 Å². The first-order valence-electron chi connectivity index (χ1n) is 11.8. The molecule has 1 amide bonds. The van der Waals surface area contributed by atoms with Crippen LogP contribution in [0.3, 0.4) is 0 Å². The number of rotatable bonds is 6. The van der Waals surface area contributed by atoms with Crippen LogP contribution in [0, 0.1) is 11.6 Å². The molecule has 0 saturated heterocycles. The number of nitrogens with zero attached hydrogens (tertiary/aromatic N) is 3. The van der Waals surface area contributed by atoms with Gasteiger partial charge in [0.25, 0.3) is 0 Å². The Morgan fingerprint density at radius 3 is 2.59 bits per heavy atom. The topological polar surface area (TPSA) is 51.9 Å². The molecule has 1 fully saturated rings. The molecule has 34 heavy (non-hydrogen) atoms. The van der Waals surface area contributed by atoms with Gasteiger partial charge < -0.3 is 9.88 Å². The van der Waals surface area contributed by atoms with Gasteiger partial charge in [0.15, 0.2) is 0 Å². The largest absolute Gasteiger partial charge is 0.353 e. The normalized spacial score (nSPS) is 14.6. The molecule has 0 atom stereocenters. The van der Waals surface area contributed by atoms with E-state index in [2.05, 4.69) is 10.4 Å². The Kier molecular flexibility index (Phi) is 6.18. The second kappa shape index (κ2) is 9.41. The van der Waals surface area contributed by atoms with E-state index in [4.69, 9.17) is 0 Å². The third kappa shape index (κ3) is 4.60. The summed E-state index contributed by atoms with van der Waals surface area (Å²) in [6.07, 6.45) is 10.9. The first kappa shape index (κ1) is 22.3. The lowest BCUT2D eigenvalue weighted by atomic mass is 9.95. The molecule has 5 nitrogen and oxygen atoms in total. The molecule has 1 aliphatic carbocycles. The van der Waals surface area contributed by atoms with Crippen LogP contribution in [0.1, 0.15) is 43.2 Å². The lowest BCUT2D eigenvalue weighted by molar-refractivity contribution is -0.121. The number of aromatic nitrogens is 3. The van der Waals surface area contributed by atoms with Gasteiger partial charge in [0.1, 0.15) is 11.6 Å². The molecule has 0 spiro atoms. The molecule has 2 aromatic heterocycles. The smallest absolute Gasteiger partial charge is 0.224 e. The molecule has 0 unspecified atom stereocenters. The van der Waals surface area contributed by atoms with Crippen LogP contribution in [0.2, 0.25) is 0 Å². The number of amides is 1. The van der Waals surface area contributed by atoms with E-state index >= 15 is 4.39 Å². The lowest BCUT2D eigenvalue weighted by Gasteiger charge is -2.22. The second-order valence-electron chi connectivity index (χ2n) is 9.20. The monoisotopic (exact) mass is 462 g/mol. The summed E-state index contributed by atoms with van der Waals surface area (Å²) >= 11 is 0. The molecular weight excluding hydrogens is 434 g/mol. The third-order valence-corrected chi connectivity index (χ3v) is 6.69. The molecule has 0 aliphatic heterocycles. The quantitative estimate of drug-likeness (QED) is 0.419. The van der Waals surface area contributed by atoms with Gasteiger partial charge >= 0.3 is 0 Å². The number of fused-ring (bicyclic) bond motifs is 1. The van der Waals surface area contributed by atoms with Gasteiger partial charge in [-0.05, 0) is 42.2 Å². The van der Waals surface area contributed by atoms with E-state index in [1.54, 1.807) is 29.2 Å². The van der Waals surface area contributed by atoms with Crippen LogP contribution in [0.25, 0.3) is 22.0 Å². The minimum Gasteiger partial charge on any atom is -0.353 e. The van der Waals surface area contributed by atoms with Gasteiger partial charge in [-0.2, -0.15) is 5.10 Å². The molecule has 0 bridgehead atoms. The van der Waals surface area contributed by atoms with Crippen molar-refractivity contribution < 1.29 is 13.6 Å². The third-order valence-electron chi connectivity index (χ3n) is 6.69. The first-order chi connectivity index (χ1) is 16.5. The fourth-order valence-electron chi connectivity index (χ4n) is 4.96. The van der Waals surface area contributed by atoms with E-state index in [0.29, 0.717) is 22.0 Å². The van der Waals surface area contributed by atoms with Crippen molar-refractivity contribution in [2.24, 2.45) is 7.05 Å². The van der Waals surface area contributed by atoms with E-state index in [0.717, 1.165) is 36.8 Å². The van der Waals surface area contributed by atoms with Gasteiger partial charge in [-0.15, -0.1) is 0 Å². The highest BCUT2D eigenvalue weighted by Crippen LogP contribution is 2.28. The van der Waals surface area contributed by atoms with Crippen LogP contribution in [0.5, 0.6) is 0 Å². The summed E-state index contributed by atoms with van der Waals surface area (Å²) in [5.74, 6) is -0.804. The number of benzene rings is 2. The summed E-state index contributed by atoms with van der Waals surface area (Å²) in [7, 11) is 1.82. The van der Waals surface area contributed by atoms with Crippen LogP contribution < -0.4 is 5.32 Å². The molecular formula is C27H28F2N4O. The highest BCUT2D eigenvalue weighted by Gasteiger charge is 2.19. The Morgan fingerprint density at radius 1 is 1.03 bits per heavy atom. The van der Waals surface area contributed by atoms with Crippen LogP contribution >= 0.6 is 0 Å². The van der Waals surface area contributed by atoms with Crippen molar-refractivity contribution in [1.29, 1.82) is 0 Å². The molecule has 0 radical (unpaired) electrons. The van der Waals surface area contributed by atoms with Crippen molar-refractivity contribution in [3.8, 4) is 11.1 Å². The van der Waals surface area contributed by atoms with Gasteiger partial charge in [0.05, 0.1) is 24.7 Å². The molecule has 1 saturated carbocycles. The summed E-state index contributed by atoms with van der Waals surface area (Å²) in [6, 6.07) is 10.2. The van der Waals surface area contributed by atoms with Crippen LogP contribution in [-0.2, 0) is 24.8 Å². The summed E-state index contributed by atoms with van der Waals surface area (Å²) in [4.78, 5) is 12.7. The average Bonchev–Trinajstić information content (AvgIpc) is 3.40. The number of carbonyl (C=O) groups excluding carboxylic acids is 1. The molecule has 4 aromatic rings. The van der Waals surface area contributed by atoms with Crippen LogP contribution in [-0.4, -0.2) is 26.3 Å². The van der Waals surface area contributed by atoms with Crippen LogP contribution in [0.15, 0.2) is 55.0 Å². The fraction of sp³-hybridized carbons (Fsp3) is 0.333. The number of nitrogens with one attached hydrogen (secondary N) is 1. The molecule has 2 heterocycles. The zero-order valence-corrected chi connectivity index (χ0v) is 19.2. The van der Waals surface area contributed by atoms with E-state index in [-0.39, 0.29) is 36.5 Å². The Morgan fingerprint density at radius 2 is 1.85 bits per heavy atom. The average molecular weight is 463 g/mol. The minimum absolute atomic E-state index is 0.0961. The van der Waals surface area contributed by atoms with E-state index in [1.807, 2.05) is 29.9 Å². The van der Waals surface area contributed by atoms with Crippen molar-refractivity contribution in [3.05, 3.63) is 77.8 Å². The maximum absolute atomic E-state index is 15.0. The maximum atomic E-state index is 15.0. The molecule has 5 rings (SSSR count). The van der Waals surface area contributed by atoms with E-state index < -0.39 is 0 Å². The number of aryl methyl sites for hydroxylation is 1. The molecule has 1 N–H and O–H groups in total. The maximum Gasteiger partial charge on any atom is 0.224 e. The standard InChI is InChI=1S/C27H28F2N4O/c1-32-15-21(14-30-32)18-10-11-19(24(29)12-18)16-33-17-20(27-23(28)8-5-9-25(27)33)13-26(34)31-22-6-3-2-4-7-22/h5,8-12,14-15,17,22H,2-4,6-7,13,16H2,1H3,(H,31,34). The van der Waals surface area contributed by atoms with Crippen molar-refractivity contribution >= 4 is 16.8 Å². The number of halogens is 2. The number of carbonyl (C=O) groups is 1. The summed E-state index contributed by atoms with van der Waals surface area (Å²) in [6.45, 7) is 0.239. The van der Waals surface area contributed by atoms with Gasteiger partial charge in [0.2, 0.25) is 5.91 Å². The van der Waals surface area contributed by atoms with Crippen molar-refractivity contribution in [3.63, 3.8) is 0 Å². The Labute approximate surface area is 197 Å². The van der Waals surface area contributed by atoms with E-state index in [9.17, 15) is 9.18 Å². The summed E-state index contributed by atoms with van der Waals surface area (Å²) < 4.78 is 33.3. The molecule has 176 valence electrons. The number of hydrogen-bond donors (Lipinski definition) is 1. The van der Waals surface area contributed by atoms with Crippen molar-refractivity contribution in [2.45, 2.75) is 51.1 Å². The molecule has 7 heteroatoms. The van der Waals surface area contributed by atoms with E-state index in [1.165, 1.54) is 18.6 Å². The summed E-state index contributed by atoms with van der Waals surface area (Å²) in [5, 5.41) is 7.67. The Hall–Kier alpha value is -3.48. The molecule has 2 aromatic carbocycles. The van der Waals surface area contributed by atoms with Crippen molar-refractivity contribution in [1.82, 2.24) is 19.7 Å². The fourth-order valence-corrected chi connectivity index (χ4v) is 4.96. The predicted octanol–water partition coefficient (Wildman–Crippen LogP) is 5.36. The highest BCUT2D eigenvalue weighted by molar-refractivity contribution is 5.90.